The fourth-order valence-corrected chi connectivity index (χ4v) is 9.88. The number of allylic oxidation sites excluding steroid dienone is 3. The number of carbonyl (C=O) groups excluding carboxylic acids is 1. The Hall–Kier alpha value is -1.33. The van der Waals surface area contributed by atoms with Gasteiger partial charge in [-0.15, -0.1) is 0 Å². The second-order valence-electron chi connectivity index (χ2n) is 17.4. The fraction of sp³-hybridized carbons (Fsp3) is 0.816. The molecule has 4 saturated heterocycles. The van der Waals surface area contributed by atoms with E-state index in [9.17, 15) is 9.90 Å². The summed E-state index contributed by atoms with van der Waals surface area (Å²) < 4.78 is 39.7. The molecule has 1 aliphatic carbocycles. The van der Waals surface area contributed by atoms with Crippen LogP contribution in [0.25, 0.3) is 0 Å². The number of aliphatic hydroxyl groups is 1. The summed E-state index contributed by atoms with van der Waals surface area (Å²) in [5, 5.41) is 12.7. The van der Waals surface area contributed by atoms with Crippen molar-refractivity contribution in [3.05, 3.63) is 35.5 Å². The lowest BCUT2D eigenvalue weighted by Gasteiger charge is -2.50. The van der Waals surface area contributed by atoms with Gasteiger partial charge < -0.3 is 33.2 Å². The Morgan fingerprint density at radius 3 is 2.53 bits per heavy atom. The Morgan fingerprint density at radius 2 is 1.83 bits per heavy atom. The second-order valence-corrected chi connectivity index (χ2v) is 22.1. The maximum absolute atomic E-state index is 14.4. The van der Waals surface area contributed by atoms with Gasteiger partial charge in [0.2, 0.25) is 0 Å². The zero-order valence-electron chi connectivity index (χ0n) is 30.5. The molecule has 5 aliphatic heterocycles. The van der Waals surface area contributed by atoms with Crippen LogP contribution >= 0.6 is 0 Å². The monoisotopic (exact) mass is 672 g/mol. The molecule has 9 heteroatoms. The van der Waals surface area contributed by atoms with Crippen LogP contribution in [0.15, 0.2) is 35.5 Å². The molecule has 2 bridgehead atoms. The van der Waals surface area contributed by atoms with Crippen molar-refractivity contribution in [3.63, 3.8) is 0 Å². The van der Waals surface area contributed by atoms with Crippen molar-refractivity contribution in [2.75, 3.05) is 6.61 Å². The number of hydrogen-bond acceptors (Lipinski definition) is 8. The Bertz CT molecular complexity index is 1300. The van der Waals surface area contributed by atoms with Crippen LogP contribution in [0.1, 0.15) is 100 Å². The first kappa shape index (κ1) is 35.5. The summed E-state index contributed by atoms with van der Waals surface area (Å²) in [5.74, 6) is -1.46. The Morgan fingerprint density at radius 1 is 1.09 bits per heavy atom. The zero-order valence-corrected chi connectivity index (χ0v) is 31.5. The lowest BCUT2D eigenvalue weighted by molar-refractivity contribution is -0.336. The van der Waals surface area contributed by atoms with Crippen molar-refractivity contribution in [3.8, 4) is 0 Å². The normalized spacial score (nSPS) is 47.6. The number of rotatable bonds is 3. The van der Waals surface area contributed by atoms with Gasteiger partial charge >= 0.3 is 5.97 Å². The lowest BCUT2D eigenvalue weighted by atomic mass is 9.71. The maximum atomic E-state index is 14.4. The topological polar surface area (TPSA) is 96.0 Å². The molecule has 47 heavy (non-hydrogen) atoms. The van der Waals surface area contributed by atoms with Gasteiger partial charge in [0.15, 0.2) is 14.1 Å². The molecule has 8 nitrogen and oxygen atoms in total. The summed E-state index contributed by atoms with van der Waals surface area (Å²) in [5.41, 5.74) is -0.256. The van der Waals surface area contributed by atoms with Gasteiger partial charge in [0.05, 0.1) is 36.6 Å². The van der Waals surface area contributed by atoms with Crippen molar-refractivity contribution in [1.29, 1.82) is 0 Å². The number of ether oxygens (including phenoxy) is 5. The SMILES string of the molecule is CC[C@H]1O[C@]2(CC[C@@H]1C)C[C@@H]1C[C@@H](C[C@@H]3O[C@@]3(C)C[C@@H](C)/C=C/C=C3\CO[C@@H]4[C@H](O[Si](C)(C)C(C)(C)C)C(C)=C[C@@H](C(=O)O1)[C@]34O)O2. The number of carbonyl (C=O) groups is 1. The first-order chi connectivity index (χ1) is 21.9. The summed E-state index contributed by atoms with van der Waals surface area (Å²) >= 11 is 0. The number of hydrogen-bond donors (Lipinski definition) is 1. The molecular weight excluding hydrogens is 612 g/mol. The van der Waals surface area contributed by atoms with E-state index in [0.29, 0.717) is 24.3 Å². The fourth-order valence-electron chi connectivity index (χ4n) is 8.58. The highest BCUT2D eigenvalue weighted by atomic mass is 28.4. The highest BCUT2D eigenvalue weighted by Gasteiger charge is 2.62. The van der Waals surface area contributed by atoms with Gasteiger partial charge in [-0.05, 0) is 74.2 Å². The summed E-state index contributed by atoms with van der Waals surface area (Å²) in [4.78, 5) is 14.4. The largest absolute Gasteiger partial charge is 0.462 e. The van der Waals surface area contributed by atoms with E-state index in [1.54, 1.807) is 0 Å². The molecule has 0 saturated carbocycles. The van der Waals surface area contributed by atoms with Crippen molar-refractivity contribution in [2.24, 2.45) is 17.8 Å². The number of esters is 1. The van der Waals surface area contributed by atoms with Crippen LogP contribution in [0, 0.1) is 17.8 Å². The third-order valence-corrected chi connectivity index (χ3v) is 17.0. The van der Waals surface area contributed by atoms with Gasteiger partial charge in [-0.3, -0.25) is 4.79 Å². The van der Waals surface area contributed by atoms with Crippen LogP contribution in [0.5, 0.6) is 0 Å². The molecular formula is C38H60O8Si. The predicted molar refractivity (Wildman–Crippen MR) is 183 cm³/mol. The quantitative estimate of drug-likeness (QED) is 0.146. The van der Waals surface area contributed by atoms with Crippen molar-refractivity contribution in [1.82, 2.24) is 0 Å². The molecule has 5 heterocycles. The Kier molecular flexibility index (Phi) is 9.41. The van der Waals surface area contributed by atoms with Gasteiger partial charge in [-0.2, -0.15) is 0 Å². The van der Waals surface area contributed by atoms with Gasteiger partial charge in [0, 0.05) is 25.7 Å². The molecule has 264 valence electrons. The van der Waals surface area contributed by atoms with Crippen molar-refractivity contribution in [2.45, 2.75) is 172 Å². The smallest absolute Gasteiger partial charge is 0.316 e. The van der Waals surface area contributed by atoms with E-state index < -0.39 is 49.9 Å². The molecule has 0 unspecified atom stereocenters. The van der Waals surface area contributed by atoms with Gasteiger partial charge in [-0.25, -0.2) is 0 Å². The minimum atomic E-state index is -2.25. The highest BCUT2D eigenvalue weighted by molar-refractivity contribution is 6.74. The second kappa shape index (κ2) is 12.5. The van der Waals surface area contributed by atoms with Gasteiger partial charge in [0.1, 0.15) is 23.7 Å². The van der Waals surface area contributed by atoms with E-state index in [1.165, 1.54) is 0 Å². The van der Waals surface area contributed by atoms with Crippen LogP contribution in [-0.4, -0.2) is 79.6 Å². The Balaban J connectivity index is 1.37. The summed E-state index contributed by atoms with van der Waals surface area (Å²) in [6, 6.07) is 0. The third kappa shape index (κ3) is 6.64. The highest BCUT2D eigenvalue weighted by Crippen LogP contribution is 2.51. The van der Waals surface area contributed by atoms with E-state index in [4.69, 9.17) is 28.1 Å². The molecule has 0 aromatic carbocycles. The number of fused-ring (bicyclic) bond motifs is 3. The first-order valence-corrected chi connectivity index (χ1v) is 21.1. The van der Waals surface area contributed by atoms with Crippen LogP contribution in [0.2, 0.25) is 18.1 Å². The molecule has 0 radical (unpaired) electrons. The van der Waals surface area contributed by atoms with Crippen LogP contribution in [-0.2, 0) is 32.9 Å². The van der Waals surface area contributed by atoms with E-state index in [0.717, 1.165) is 37.7 Å². The molecule has 1 N–H and O–H groups in total. The lowest BCUT2D eigenvalue weighted by Crippen LogP contribution is -2.60. The molecule has 4 fully saturated rings. The first-order valence-electron chi connectivity index (χ1n) is 18.2. The predicted octanol–water partition coefficient (Wildman–Crippen LogP) is 7.17. The molecule has 6 rings (SSSR count). The van der Waals surface area contributed by atoms with Crippen LogP contribution in [0.3, 0.4) is 0 Å². The maximum Gasteiger partial charge on any atom is 0.316 e. The molecule has 1 spiro atoms. The molecule has 12 atom stereocenters. The summed E-state index contributed by atoms with van der Waals surface area (Å²) in [7, 11) is -2.25. The Labute approximate surface area is 283 Å². The third-order valence-electron chi connectivity index (χ3n) is 12.6. The van der Waals surface area contributed by atoms with E-state index in [1.807, 2.05) is 25.2 Å². The minimum absolute atomic E-state index is 0.0332. The minimum Gasteiger partial charge on any atom is -0.462 e. The van der Waals surface area contributed by atoms with Gasteiger partial charge in [0.25, 0.3) is 0 Å². The standard InChI is InChI=1S/C38H60O8Si/c1-11-30-24(3)15-16-37(44-30)21-28-18-27(43-37)19-31-36(8,45-31)20-23(2)13-12-14-26-22-41-33-32(46-47(9,10)35(5,6)7)25(4)17-29(34(39)42-28)38(26,33)40/h12-14,17,23-24,27-33,40H,11,15-16,18-22H2,1-10H3/b13-12+,26-14+/t23-,24-,27-,28-,29-,30+,31-,32+,33+,36-,37+,38+/m0/s1. The average Bonchev–Trinajstić information content (AvgIpc) is 3.45. The zero-order chi connectivity index (χ0) is 34.2. The van der Waals surface area contributed by atoms with Crippen LogP contribution in [0.4, 0.5) is 0 Å². The summed E-state index contributed by atoms with van der Waals surface area (Å²) in [6.07, 6.45) is 11.7. The van der Waals surface area contributed by atoms with Crippen molar-refractivity contribution < 1.29 is 38.0 Å². The summed E-state index contributed by atoms with van der Waals surface area (Å²) in [6.45, 7) is 22.0. The van der Waals surface area contributed by atoms with Crippen LogP contribution < -0.4 is 0 Å². The molecule has 0 aromatic heterocycles. The molecule has 6 aliphatic rings. The van der Waals surface area contributed by atoms with Gasteiger partial charge in [-0.1, -0.05) is 65.8 Å². The average molecular weight is 673 g/mol. The van der Waals surface area contributed by atoms with Crippen molar-refractivity contribution >= 4 is 14.3 Å². The van der Waals surface area contributed by atoms with E-state index >= 15 is 0 Å². The number of epoxide rings is 1. The molecule has 0 aromatic rings. The van der Waals surface area contributed by atoms with E-state index in [2.05, 4.69) is 67.6 Å². The molecule has 0 amide bonds. The van der Waals surface area contributed by atoms with E-state index in [-0.39, 0.29) is 41.5 Å².